The van der Waals surface area contributed by atoms with Crippen molar-refractivity contribution in [2.75, 3.05) is 6.54 Å². The van der Waals surface area contributed by atoms with E-state index in [1.54, 1.807) is 0 Å². The van der Waals surface area contributed by atoms with Crippen molar-refractivity contribution in [2.45, 2.75) is 40.5 Å². The van der Waals surface area contributed by atoms with Crippen LogP contribution in [0.3, 0.4) is 0 Å². The molecule has 0 aromatic carbocycles. The second-order valence-electron chi connectivity index (χ2n) is 4.26. The molecule has 0 aliphatic heterocycles. The SMILES string of the molecule is CCC(CC)(C(=O)NCC(C)C)C(N)=S. The first kappa shape index (κ1) is 14.4. The minimum absolute atomic E-state index is 0.0336. The molecule has 0 radical (unpaired) electrons. The first-order valence-corrected chi connectivity index (χ1v) is 5.89. The van der Waals surface area contributed by atoms with Gasteiger partial charge < -0.3 is 11.1 Å². The minimum Gasteiger partial charge on any atom is -0.392 e. The second kappa shape index (κ2) is 6.05. The molecule has 0 aliphatic rings. The Kier molecular flexibility index (Phi) is 5.80. The third-order valence-corrected chi connectivity index (χ3v) is 3.18. The van der Waals surface area contributed by atoms with Gasteiger partial charge in [-0.1, -0.05) is 39.9 Å². The Labute approximate surface area is 97.8 Å². The van der Waals surface area contributed by atoms with E-state index in [1.807, 2.05) is 13.8 Å². The van der Waals surface area contributed by atoms with Gasteiger partial charge in [-0.05, 0) is 18.8 Å². The molecule has 0 saturated heterocycles. The summed E-state index contributed by atoms with van der Waals surface area (Å²) in [6, 6.07) is 0. The monoisotopic (exact) mass is 230 g/mol. The molecular formula is C11H22N2OS. The third-order valence-electron chi connectivity index (χ3n) is 2.78. The van der Waals surface area contributed by atoms with Crippen molar-refractivity contribution in [3.8, 4) is 0 Å². The van der Waals surface area contributed by atoms with E-state index in [0.29, 0.717) is 30.3 Å². The van der Waals surface area contributed by atoms with Gasteiger partial charge in [0.2, 0.25) is 5.91 Å². The predicted molar refractivity (Wildman–Crippen MR) is 67.6 cm³/mol. The van der Waals surface area contributed by atoms with Crippen molar-refractivity contribution in [1.82, 2.24) is 5.32 Å². The van der Waals surface area contributed by atoms with Crippen LogP contribution in [0.15, 0.2) is 0 Å². The fourth-order valence-electron chi connectivity index (χ4n) is 1.50. The van der Waals surface area contributed by atoms with Gasteiger partial charge in [-0.2, -0.15) is 0 Å². The summed E-state index contributed by atoms with van der Waals surface area (Å²) in [5.41, 5.74) is 5.01. The maximum atomic E-state index is 12.0. The fraction of sp³-hybridized carbons (Fsp3) is 0.818. The Hall–Kier alpha value is -0.640. The summed E-state index contributed by atoms with van der Waals surface area (Å²) in [5.74, 6) is 0.403. The van der Waals surface area contributed by atoms with Crippen LogP contribution in [-0.4, -0.2) is 17.4 Å². The Morgan fingerprint density at radius 2 is 1.87 bits per heavy atom. The van der Waals surface area contributed by atoms with Crippen LogP contribution in [0.4, 0.5) is 0 Å². The summed E-state index contributed by atoms with van der Waals surface area (Å²) in [5, 5.41) is 2.90. The molecule has 88 valence electrons. The molecule has 0 bridgehead atoms. The largest absolute Gasteiger partial charge is 0.392 e. The zero-order valence-corrected chi connectivity index (χ0v) is 10.9. The van der Waals surface area contributed by atoms with E-state index in [2.05, 4.69) is 19.2 Å². The van der Waals surface area contributed by atoms with E-state index in [1.165, 1.54) is 0 Å². The fourth-order valence-corrected chi connectivity index (χ4v) is 1.88. The van der Waals surface area contributed by atoms with Crippen molar-refractivity contribution in [1.29, 1.82) is 0 Å². The van der Waals surface area contributed by atoms with Crippen LogP contribution in [0, 0.1) is 11.3 Å². The molecule has 0 heterocycles. The maximum absolute atomic E-state index is 12.0. The number of thiocarbonyl (C=S) groups is 1. The molecule has 0 aromatic heterocycles. The highest BCUT2D eigenvalue weighted by Crippen LogP contribution is 2.27. The van der Waals surface area contributed by atoms with Crippen LogP contribution >= 0.6 is 12.2 Å². The lowest BCUT2D eigenvalue weighted by molar-refractivity contribution is -0.127. The van der Waals surface area contributed by atoms with Crippen molar-refractivity contribution in [2.24, 2.45) is 17.1 Å². The highest BCUT2D eigenvalue weighted by atomic mass is 32.1. The van der Waals surface area contributed by atoms with Crippen LogP contribution in [0.2, 0.25) is 0 Å². The lowest BCUT2D eigenvalue weighted by Crippen LogP contribution is -2.49. The zero-order valence-electron chi connectivity index (χ0n) is 10.1. The summed E-state index contributed by atoms with van der Waals surface area (Å²) in [4.78, 5) is 12.3. The number of amides is 1. The number of rotatable bonds is 6. The first-order chi connectivity index (χ1) is 6.90. The van der Waals surface area contributed by atoms with E-state index in [0.717, 1.165) is 0 Å². The summed E-state index contributed by atoms with van der Waals surface area (Å²) in [6.07, 6.45) is 1.31. The van der Waals surface area contributed by atoms with Gasteiger partial charge in [-0.25, -0.2) is 0 Å². The van der Waals surface area contributed by atoms with Crippen molar-refractivity contribution in [3.05, 3.63) is 0 Å². The smallest absolute Gasteiger partial charge is 0.233 e. The molecule has 3 nitrogen and oxygen atoms in total. The first-order valence-electron chi connectivity index (χ1n) is 5.48. The Balaban J connectivity index is 4.63. The van der Waals surface area contributed by atoms with E-state index in [4.69, 9.17) is 18.0 Å². The van der Waals surface area contributed by atoms with Gasteiger partial charge in [0.05, 0.1) is 10.4 Å². The van der Waals surface area contributed by atoms with Gasteiger partial charge in [0.15, 0.2) is 0 Å². The minimum atomic E-state index is -0.662. The normalized spacial score (nSPS) is 11.5. The Morgan fingerprint density at radius 3 is 2.13 bits per heavy atom. The lowest BCUT2D eigenvalue weighted by Gasteiger charge is -2.29. The van der Waals surface area contributed by atoms with E-state index < -0.39 is 5.41 Å². The molecule has 0 atom stereocenters. The van der Waals surface area contributed by atoms with Crippen LogP contribution < -0.4 is 11.1 Å². The van der Waals surface area contributed by atoms with Gasteiger partial charge in [0, 0.05) is 6.54 Å². The molecule has 0 unspecified atom stereocenters. The summed E-state index contributed by atoms with van der Waals surface area (Å²) in [7, 11) is 0. The van der Waals surface area contributed by atoms with E-state index in [9.17, 15) is 4.79 Å². The number of carbonyl (C=O) groups excluding carboxylic acids is 1. The van der Waals surface area contributed by atoms with Gasteiger partial charge in [0.25, 0.3) is 0 Å². The van der Waals surface area contributed by atoms with E-state index in [-0.39, 0.29) is 5.91 Å². The standard InChI is InChI=1S/C11H22N2OS/c1-5-11(6-2,9(12)15)10(14)13-7-8(3)4/h8H,5-7H2,1-4H3,(H2,12,15)(H,13,14). The van der Waals surface area contributed by atoms with Crippen molar-refractivity contribution >= 4 is 23.1 Å². The van der Waals surface area contributed by atoms with E-state index >= 15 is 0 Å². The quantitative estimate of drug-likeness (QED) is 0.685. The molecule has 4 heteroatoms. The lowest BCUT2D eigenvalue weighted by atomic mass is 9.81. The van der Waals surface area contributed by atoms with Crippen LogP contribution in [-0.2, 0) is 4.79 Å². The molecule has 3 N–H and O–H groups in total. The van der Waals surface area contributed by atoms with Gasteiger partial charge in [0.1, 0.15) is 0 Å². The molecule has 0 spiro atoms. The predicted octanol–water partition coefficient (Wildman–Crippen LogP) is 1.85. The van der Waals surface area contributed by atoms with Gasteiger partial charge in [-0.3, -0.25) is 4.79 Å². The second-order valence-corrected chi connectivity index (χ2v) is 4.70. The Morgan fingerprint density at radius 1 is 1.40 bits per heavy atom. The molecular weight excluding hydrogens is 208 g/mol. The molecule has 15 heavy (non-hydrogen) atoms. The molecule has 0 saturated carbocycles. The maximum Gasteiger partial charge on any atom is 0.233 e. The number of nitrogens with one attached hydrogen (secondary N) is 1. The van der Waals surface area contributed by atoms with Crippen molar-refractivity contribution < 1.29 is 4.79 Å². The number of carbonyl (C=O) groups is 1. The molecule has 0 aromatic rings. The van der Waals surface area contributed by atoms with Gasteiger partial charge in [-0.15, -0.1) is 0 Å². The summed E-state index contributed by atoms with van der Waals surface area (Å²) in [6.45, 7) is 8.67. The average Bonchev–Trinajstić information content (AvgIpc) is 2.17. The van der Waals surface area contributed by atoms with Crippen LogP contribution in [0.1, 0.15) is 40.5 Å². The average molecular weight is 230 g/mol. The van der Waals surface area contributed by atoms with Crippen molar-refractivity contribution in [3.63, 3.8) is 0 Å². The Bertz CT molecular complexity index is 235. The molecule has 0 rings (SSSR count). The molecule has 0 aliphatic carbocycles. The molecule has 1 amide bonds. The topological polar surface area (TPSA) is 55.1 Å². The number of hydrogen-bond donors (Lipinski definition) is 2. The van der Waals surface area contributed by atoms with Gasteiger partial charge >= 0.3 is 0 Å². The summed E-state index contributed by atoms with van der Waals surface area (Å²) >= 11 is 5.00. The number of hydrogen-bond acceptors (Lipinski definition) is 2. The molecule has 0 fully saturated rings. The highest BCUT2D eigenvalue weighted by Gasteiger charge is 2.37. The van der Waals surface area contributed by atoms with Crippen LogP contribution in [0.5, 0.6) is 0 Å². The third kappa shape index (κ3) is 3.45. The van der Waals surface area contributed by atoms with Crippen LogP contribution in [0.25, 0.3) is 0 Å². The zero-order chi connectivity index (χ0) is 12.1. The summed E-state index contributed by atoms with van der Waals surface area (Å²) < 4.78 is 0. The highest BCUT2D eigenvalue weighted by molar-refractivity contribution is 7.80. The number of nitrogens with two attached hydrogens (primary N) is 1.